The molecule has 0 radical (unpaired) electrons. The molecule has 0 saturated carbocycles. The molecule has 1 saturated heterocycles. The highest BCUT2D eigenvalue weighted by Crippen LogP contribution is 2.56. The van der Waals surface area contributed by atoms with Crippen LogP contribution in [0.1, 0.15) is 0 Å². The van der Waals surface area contributed by atoms with Gasteiger partial charge >= 0.3 is 5.25 Å². The summed E-state index contributed by atoms with van der Waals surface area (Å²) < 4.78 is 1.26. The van der Waals surface area contributed by atoms with Gasteiger partial charge < -0.3 is 0 Å². The van der Waals surface area contributed by atoms with Gasteiger partial charge in [0, 0.05) is 23.4 Å². The van der Waals surface area contributed by atoms with Gasteiger partial charge in [0.2, 0.25) is 0 Å². The lowest BCUT2D eigenvalue weighted by atomic mass is 10.1. The second kappa shape index (κ2) is 4.05. The standard InChI is InChI=1S/C7H4Cl5N3O2/c8-4-2-1-3-5-6(4,9)14(12)7(10,13(5)11)15(16)17/h1-4H. The van der Waals surface area contributed by atoms with Crippen LogP contribution >= 0.6 is 58.4 Å². The lowest BCUT2D eigenvalue weighted by Crippen LogP contribution is -2.53. The summed E-state index contributed by atoms with van der Waals surface area (Å²) in [6, 6.07) is 0. The first-order valence-corrected chi connectivity index (χ1v) is 6.11. The van der Waals surface area contributed by atoms with Gasteiger partial charge in [0.1, 0.15) is 0 Å². The Bertz CT molecular complexity index is 443. The Labute approximate surface area is 121 Å². The first-order chi connectivity index (χ1) is 7.77. The number of hydrogen-bond donors (Lipinski definition) is 0. The maximum Gasteiger partial charge on any atom is 0.467 e. The van der Waals surface area contributed by atoms with Crippen LogP contribution in [0.5, 0.6) is 0 Å². The molecule has 1 aliphatic carbocycles. The van der Waals surface area contributed by atoms with Crippen LogP contribution in [0.15, 0.2) is 23.9 Å². The quantitative estimate of drug-likeness (QED) is 0.242. The summed E-state index contributed by atoms with van der Waals surface area (Å²) in [6.45, 7) is 0. The number of fused-ring (bicyclic) bond motifs is 1. The average molecular weight is 339 g/mol. The Morgan fingerprint density at radius 3 is 2.47 bits per heavy atom. The van der Waals surface area contributed by atoms with Crippen molar-refractivity contribution in [2.75, 3.05) is 0 Å². The van der Waals surface area contributed by atoms with E-state index in [-0.39, 0.29) is 5.70 Å². The molecule has 10 heteroatoms. The minimum absolute atomic E-state index is 0.144. The van der Waals surface area contributed by atoms with Crippen molar-refractivity contribution >= 4 is 58.4 Å². The second-order valence-corrected chi connectivity index (χ2v) is 5.61. The molecule has 0 aromatic heterocycles. The molecule has 2 aliphatic rings. The van der Waals surface area contributed by atoms with E-state index in [1.165, 1.54) is 12.2 Å². The third-order valence-electron chi connectivity index (χ3n) is 2.49. The normalized spacial score (nSPS) is 41.4. The number of nitrogens with zero attached hydrogens (tertiary/aromatic N) is 3. The number of rotatable bonds is 1. The van der Waals surface area contributed by atoms with Crippen LogP contribution < -0.4 is 0 Å². The Hall–Kier alpha value is 0.0900. The Kier molecular flexibility index (Phi) is 3.22. The van der Waals surface area contributed by atoms with Gasteiger partial charge in [0.25, 0.3) is 0 Å². The molecule has 0 N–H and O–H groups in total. The topological polar surface area (TPSA) is 49.6 Å². The maximum atomic E-state index is 11.0. The fourth-order valence-electron chi connectivity index (χ4n) is 1.62. The highest BCUT2D eigenvalue weighted by molar-refractivity contribution is 6.41. The van der Waals surface area contributed by atoms with Crippen molar-refractivity contribution in [3.8, 4) is 0 Å². The van der Waals surface area contributed by atoms with E-state index in [2.05, 4.69) is 0 Å². The maximum absolute atomic E-state index is 11.0. The van der Waals surface area contributed by atoms with E-state index in [0.717, 1.165) is 0 Å². The smallest absolute Gasteiger partial charge is 0.260 e. The highest BCUT2D eigenvalue weighted by atomic mass is 35.5. The van der Waals surface area contributed by atoms with Gasteiger partial charge in [-0.1, -0.05) is 28.2 Å². The molecule has 0 spiro atoms. The molecule has 0 aromatic carbocycles. The minimum atomic E-state index is -2.39. The van der Waals surface area contributed by atoms with Gasteiger partial charge in [-0.2, -0.15) is 4.42 Å². The molecule has 3 atom stereocenters. The van der Waals surface area contributed by atoms with Gasteiger partial charge in [0.15, 0.2) is 5.00 Å². The Morgan fingerprint density at radius 2 is 2.00 bits per heavy atom. The number of alkyl halides is 3. The van der Waals surface area contributed by atoms with Crippen LogP contribution in [0.2, 0.25) is 0 Å². The predicted molar refractivity (Wildman–Crippen MR) is 66.4 cm³/mol. The van der Waals surface area contributed by atoms with Crippen molar-refractivity contribution in [2.24, 2.45) is 0 Å². The van der Waals surface area contributed by atoms with E-state index >= 15 is 0 Å². The van der Waals surface area contributed by atoms with Crippen LogP contribution in [-0.4, -0.2) is 29.4 Å². The average Bonchev–Trinajstić information content (AvgIpc) is 2.43. The van der Waals surface area contributed by atoms with E-state index in [1.54, 1.807) is 6.08 Å². The molecule has 2 rings (SSSR count). The number of allylic oxidation sites excluding steroid dienone is 2. The van der Waals surface area contributed by atoms with Gasteiger partial charge in [-0.15, -0.1) is 11.6 Å². The van der Waals surface area contributed by atoms with E-state index in [1.807, 2.05) is 0 Å². The van der Waals surface area contributed by atoms with E-state index in [9.17, 15) is 10.1 Å². The fraction of sp³-hybridized carbons (Fsp3) is 0.429. The first kappa shape index (κ1) is 13.5. The van der Waals surface area contributed by atoms with Crippen molar-refractivity contribution in [2.45, 2.75) is 15.6 Å². The zero-order chi connectivity index (χ0) is 13.0. The first-order valence-electron chi connectivity index (χ1n) is 4.24. The summed E-state index contributed by atoms with van der Waals surface area (Å²) in [5.41, 5.74) is 0.144. The van der Waals surface area contributed by atoms with E-state index in [0.29, 0.717) is 8.84 Å². The molecule has 0 bridgehead atoms. The fourth-order valence-corrected chi connectivity index (χ4v) is 3.31. The summed E-state index contributed by atoms with van der Waals surface area (Å²) in [5, 5.41) is 7.80. The van der Waals surface area contributed by atoms with Crippen LogP contribution in [0.25, 0.3) is 0 Å². The Morgan fingerprint density at radius 1 is 1.41 bits per heavy atom. The van der Waals surface area contributed by atoms with E-state index < -0.39 is 20.5 Å². The van der Waals surface area contributed by atoms with Crippen LogP contribution in [-0.2, 0) is 0 Å². The minimum Gasteiger partial charge on any atom is -0.260 e. The van der Waals surface area contributed by atoms with Crippen LogP contribution in [0.4, 0.5) is 0 Å². The lowest BCUT2D eigenvalue weighted by Gasteiger charge is -2.31. The number of nitro groups is 1. The molecule has 1 heterocycles. The summed E-state index contributed by atoms with van der Waals surface area (Å²) in [7, 11) is 0. The molecule has 17 heavy (non-hydrogen) atoms. The summed E-state index contributed by atoms with van der Waals surface area (Å²) >= 11 is 29.7. The van der Waals surface area contributed by atoms with Crippen molar-refractivity contribution in [3.05, 3.63) is 34.0 Å². The van der Waals surface area contributed by atoms with Crippen LogP contribution in [0, 0.1) is 10.1 Å². The lowest BCUT2D eigenvalue weighted by molar-refractivity contribution is -0.580. The molecule has 5 nitrogen and oxygen atoms in total. The van der Waals surface area contributed by atoms with Gasteiger partial charge in [-0.3, -0.25) is 10.1 Å². The molecular weight excluding hydrogens is 335 g/mol. The highest BCUT2D eigenvalue weighted by Gasteiger charge is 2.72. The van der Waals surface area contributed by atoms with Crippen LogP contribution in [0.3, 0.4) is 0 Å². The zero-order valence-electron chi connectivity index (χ0n) is 7.86. The second-order valence-electron chi connectivity index (χ2n) is 3.38. The van der Waals surface area contributed by atoms with Crippen molar-refractivity contribution in [1.29, 1.82) is 0 Å². The number of hydrogen-bond acceptors (Lipinski definition) is 4. The third kappa shape index (κ3) is 1.50. The summed E-state index contributed by atoms with van der Waals surface area (Å²) in [6.07, 6.45) is 4.55. The van der Waals surface area contributed by atoms with Gasteiger partial charge in [-0.25, -0.2) is 0 Å². The van der Waals surface area contributed by atoms with Crippen molar-refractivity contribution < 1.29 is 4.92 Å². The Balaban J connectivity index is 2.60. The summed E-state index contributed by atoms with van der Waals surface area (Å²) in [5.74, 6) is 0. The monoisotopic (exact) mass is 337 g/mol. The molecule has 94 valence electrons. The molecule has 0 aromatic rings. The SMILES string of the molecule is O=[N+]([O-])C1(Cl)N(Cl)C2=CC=CC(Cl)C2(Cl)N1Cl. The van der Waals surface area contributed by atoms with E-state index in [4.69, 9.17) is 58.4 Å². The molecular formula is C7H4Cl5N3O2. The molecule has 1 aliphatic heterocycles. The zero-order valence-corrected chi connectivity index (χ0v) is 11.6. The molecule has 0 amide bonds. The number of halogens is 5. The van der Waals surface area contributed by atoms with Gasteiger partial charge in [-0.05, 0) is 17.9 Å². The molecule has 1 fully saturated rings. The largest absolute Gasteiger partial charge is 0.467 e. The summed E-state index contributed by atoms with van der Waals surface area (Å²) in [4.78, 5) is 8.57. The predicted octanol–water partition coefficient (Wildman–Crippen LogP) is 3.03. The van der Waals surface area contributed by atoms with Crippen molar-refractivity contribution in [3.63, 3.8) is 0 Å². The van der Waals surface area contributed by atoms with Crippen molar-refractivity contribution in [1.82, 2.24) is 8.84 Å². The third-order valence-corrected chi connectivity index (χ3v) is 5.31. The van der Waals surface area contributed by atoms with Gasteiger partial charge in [0.05, 0.1) is 16.0 Å². The molecule has 3 unspecified atom stereocenters.